The van der Waals surface area contributed by atoms with Crippen LogP contribution in [0.3, 0.4) is 0 Å². The average Bonchev–Trinajstić information content (AvgIpc) is 2.18. The predicted molar refractivity (Wildman–Crippen MR) is 65.9 cm³/mol. The van der Waals surface area contributed by atoms with Crippen LogP contribution in [0.5, 0.6) is 0 Å². The highest BCUT2D eigenvalue weighted by Gasteiger charge is 2.11. The number of sulfonamides is 1. The van der Waals surface area contributed by atoms with Crippen molar-refractivity contribution in [2.24, 2.45) is 0 Å². The summed E-state index contributed by atoms with van der Waals surface area (Å²) in [6.45, 7) is 1.95. The standard InChI is InChI=1S/C11H15NO4S/c1-3-4-8-5-6-9(12-17(2,15)16)7-10(8)11(13)14/h5-7,12H,3-4H2,1-2H3,(H,13,14). The van der Waals surface area contributed by atoms with Gasteiger partial charge in [0, 0.05) is 5.69 Å². The van der Waals surface area contributed by atoms with E-state index in [1.54, 1.807) is 12.1 Å². The van der Waals surface area contributed by atoms with Gasteiger partial charge < -0.3 is 5.11 Å². The van der Waals surface area contributed by atoms with Gasteiger partial charge in [0.1, 0.15) is 0 Å². The molecule has 1 aromatic carbocycles. The van der Waals surface area contributed by atoms with Gasteiger partial charge in [0.15, 0.2) is 0 Å². The van der Waals surface area contributed by atoms with Crippen molar-refractivity contribution < 1.29 is 18.3 Å². The molecule has 0 aliphatic carbocycles. The van der Waals surface area contributed by atoms with Gasteiger partial charge in [-0.15, -0.1) is 0 Å². The summed E-state index contributed by atoms with van der Waals surface area (Å²) in [4.78, 5) is 11.0. The van der Waals surface area contributed by atoms with Gasteiger partial charge in [-0.25, -0.2) is 13.2 Å². The Labute approximate surface area is 101 Å². The number of benzene rings is 1. The van der Waals surface area contributed by atoms with Crippen molar-refractivity contribution in [1.82, 2.24) is 0 Å². The summed E-state index contributed by atoms with van der Waals surface area (Å²) in [6.07, 6.45) is 2.51. The minimum atomic E-state index is -3.39. The number of aryl methyl sites for hydroxylation is 1. The fraction of sp³-hybridized carbons (Fsp3) is 0.364. The van der Waals surface area contributed by atoms with Crippen LogP contribution in [0.4, 0.5) is 5.69 Å². The summed E-state index contributed by atoms with van der Waals surface area (Å²) < 4.78 is 24.3. The van der Waals surface area contributed by atoms with Gasteiger partial charge in [-0.3, -0.25) is 4.72 Å². The summed E-state index contributed by atoms with van der Waals surface area (Å²) >= 11 is 0. The van der Waals surface area contributed by atoms with E-state index >= 15 is 0 Å². The van der Waals surface area contributed by atoms with Crippen molar-refractivity contribution >= 4 is 21.7 Å². The second kappa shape index (κ2) is 5.18. The number of rotatable bonds is 5. The zero-order chi connectivity index (χ0) is 13.1. The number of hydrogen-bond donors (Lipinski definition) is 2. The van der Waals surface area contributed by atoms with Crippen LogP contribution >= 0.6 is 0 Å². The lowest BCUT2D eigenvalue weighted by atomic mass is 10.0. The normalized spacial score (nSPS) is 11.2. The maximum Gasteiger partial charge on any atom is 0.336 e. The number of anilines is 1. The third kappa shape index (κ3) is 4.07. The monoisotopic (exact) mass is 257 g/mol. The van der Waals surface area contributed by atoms with Crippen LogP contribution in [-0.4, -0.2) is 25.7 Å². The molecule has 2 N–H and O–H groups in total. The van der Waals surface area contributed by atoms with Crippen molar-refractivity contribution in [3.8, 4) is 0 Å². The predicted octanol–water partition coefficient (Wildman–Crippen LogP) is 1.71. The zero-order valence-electron chi connectivity index (χ0n) is 9.73. The third-order valence-electron chi connectivity index (χ3n) is 2.16. The lowest BCUT2D eigenvalue weighted by molar-refractivity contribution is 0.0695. The second-order valence-electron chi connectivity index (χ2n) is 3.80. The summed E-state index contributed by atoms with van der Waals surface area (Å²) in [6, 6.07) is 4.55. The van der Waals surface area contributed by atoms with Crippen molar-refractivity contribution in [3.05, 3.63) is 29.3 Å². The van der Waals surface area contributed by atoms with Gasteiger partial charge in [-0.1, -0.05) is 19.4 Å². The number of aromatic carboxylic acids is 1. The number of hydrogen-bond acceptors (Lipinski definition) is 3. The molecule has 5 nitrogen and oxygen atoms in total. The first-order chi connectivity index (χ1) is 7.83. The van der Waals surface area contributed by atoms with E-state index in [1.807, 2.05) is 6.92 Å². The molecule has 1 rings (SSSR count). The van der Waals surface area contributed by atoms with Gasteiger partial charge >= 0.3 is 5.97 Å². The lowest BCUT2D eigenvalue weighted by Crippen LogP contribution is -2.11. The van der Waals surface area contributed by atoms with E-state index in [9.17, 15) is 13.2 Å². The van der Waals surface area contributed by atoms with E-state index in [0.29, 0.717) is 12.0 Å². The van der Waals surface area contributed by atoms with Crippen LogP contribution in [0, 0.1) is 0 Å². The minimum absolute atomic E-state index is 0.139. The molecule has 0 aromatic heterocycles. The zero-order valence-corrected chi connectivity index (χ0v) is 10.5. The van der Waals surface area contributed by atoms with Crippen LogP contribution in [0.2, 0.25) is 0 Å². The summed E-state index contributed by atoms with van der Waals surface area (Å²) in [5, 5.41) is 9.04. The largest absolute Gasteiger partial charge is 0.478 e. The topological polar surface area (TPSA) is 83.5 Å². The first-order valence-electron chi connectivity index (χ1n) is 5.17. The number of carboxylic acid groups (broad SMARTS) is 1. The smallest absolute Gasteiger partial charge is 0.336 e. The van der Waals surface area contributed by atoms with Crippen molar-refractivity contribution in [2.45, 2.75) is 19.8 Å². The molecule has 1 aromatic rings. The van der Waals surface area contributed by atoms with Crippen LogP contribution in [0.1, 0.15) is 29.3 Å². The van der Waals surface area contributed by atoms with Crippen molar-refractivity contribution in [3.63, 3.8) is 0 Å². The molecule has 0 aliphatic rings. The molecule has 0 radical (unpaired) electrons. The number of nitrogens with one attached hydrogen (secondary N) is 1. The average molecular weight is 257 g/mol. The molecular formula is C11H15NO4S. The Morgan fingerprint density at radius 1 is 1.41 bits per heavy atom. The van der Waals surface area contributed by atoms with E-state index in [2.05, 4.69) is 4.72 Å². The van der Waals surface area contributed by atoms with E-state index in [-0.39, 0.29) is 11.3 Å². The number of carboxylic acids is 1. The maximum absolute atomic E-state index is 11.0. The molecule has 0 amide bonds. The number of carbonyl (C=O) groups is 1. The molecule has 0 heterocycles. The first-order valence-corrected chi connectivity index (χ1v) is 7.06. The van der Waals surface area contributed by atoms with Crippen LogP contribution in [0.25, 0.3) is 0 Å². The molecule has 0 bridgehead atoms. The minimum Gasteiger partial charge on any atom is -0.478 e. The quantitative estimate of drug-likeness (QED) is 0.841. The highest BCUT2D eigenvalue weighted by molar-refractivity contribution is 7.92. The molecule has 6 heteroatoms. The van der Waals surface area contributed by atoms with Gasteiger partial charge in [0.05, 0.1) is 11.8 Å². The Bertz CT molecular complexity index is 522. The molecule has 94 valence electrons. The summed E-state index contributed by atoms with van der Waals surface area (Å²) in [5.41, 5.74) is 1.12. The van der Waals surface area contributed by atoms with Gasteiger partial charge in [-0.05, 0) is 24.1 Å². The van der Waals surface area contributed by atoms with Crippen LogP contribution < -0.4 is 4.72 Å². The summed E-state index contributed by atoms with van der Waals surface area (Å²) in [7, 11) is -3.39. The van der Waals surface area contributed by atoms with E-state index < -0.39 is 16.0 Å². The van der Waals surface area contributed by atoms with E-state index in [1.165, 1.54) is 6.07 Å². The Kier molecular flexibility index (Phi) is 4.11. The van der Waals surface area contributed by atoms with Crippen LogP contribution in [0.15, 0.2) is 18.2 Å². The molecule has 0 fully saturated rings. The fourth-order valence-corrected chi connectivity index (χ4v) is 2.10. The lowest BCUT2D eigenvalue weighted by Gasteiger charge is -2.08. The molecule has 0 spiro atoms. The Morgan fingerprint density at radius 3 is 2.53 bits per heavy atom. The Hall–Kier alpha value is -1.56. The third-order valence-corrected chi connectivity index (χ3v) is 2.77. The first kappa shape index (κ1) is 13.5. The second-order valence-corrected chi connectivity index (χ2v) is 5.55. The Balaban J connectivity index is 3.14. The van der Waals surface area contributed by atoms with E-state index in [0.717, 1.165) is 12.7 Å². The molecule has 17 heavy (non-hydrogen) atoms. The molecule has 0 atom stereocenters. The molecule has 0 unspecified atom stereocenters. The molecular weight excluding hydrogens is 242 g/mol. The van der Waals surface area contributed by atoms with Gasteiger partial charge in [0.25, 0.3) is 0 Å². The van der Waals surface area contributed by atoms with Gasteiger partial charge in [-0.2, -0.15) is 0 Å². The van der Waals surface area contributed by atoms with Crippen molar-refractivity contribution in [1.29, 1.82) is 0 Å². The highest BCUT2D eigenvalue weighted by atomic mass is 32.2. The Morgan fingerprint density at radius 2 is 2.06 bits per heavy atom. The molecule has 0 aliphatic heterocycles. The van der Waals surface area contributed by atoms with Crippen LogP contribution in [-0.2, 0) is 16.4 Å². The fourth-order valence-electron chi connectivity index (χ4n) is 1.54. The molecule has 0 saturated heterocycles. The summed E-state index contributed by atoms with van der Waals surface area (Å²) in [5.74, 6) is -1.05. The van der Waals surface area contributed by atoms with Crippen molar-refractivity contribution in [2.75, 3.05) is 11.0 Å². The maximum atomic E-state index is 11.0. The SMILES string of the molecule is CCCc1ccc(NS(C)(=O)=O)cc1C(=O)O. The molecule has 0 saturated carbocycles. The van der Waals surface area contributed by atoms with E-state index in [4.69, 9.17) is 5.11 Å². The highest BCUT2D eigenvalue weighted by Crippen LogP contribution is 2.18. The van der Waals surface area contributed by atoms with Gasteiger partial charge in [0.2, 0.25) is 10.0 Å².